The van der Waals surface area contributed by atoms with Gasteiger partial charge in [0.2, 0.25) is 0 Å². The van der Waals surface area contributed by atoms with E-state index in [1.54, 1.807) is 0 Å². The number of halogens is 1. The number of carboxylic acid groups (broad SMARTS) is 1. The number of anilines is 1. The molecular formula is C15H19FN2O3. The Labute approximate surface area is 122 Å². The summed E-state index contributed by atoms with van der Waals surface area (Å²) in [6.45, 7) is 0.559. The topological polar surface area (TPSA) is 78.4 Å². The summed E-state index contributed by atoms with van der Waals surface area (Å²) in [7, 11) is 0. The first-order chi connectivity index (χ1) is 10.1. The minimum atomic E-state index is -1.21. The summed E-state index contributed by atoms with van der Waals surface area (Å²) in [6.07, 6.45) is 5.80. The van der Waals surface area contributed by atoms with Crippen LogP contribution in [0.25, 0.3) is 0 Å². The molecule has 1 aromatic rings. The normalized spacial score (nSPS) is 15.5. The molecule has 2 rings (SSSR count). The molecule has 1 fully saturated rings. The third kappa shape index (κ3) is 4.44. The molecule has 21 heavy (non-hydrogen) atoms. The standard InChI is InChI=1S/C15H19FN2O3/c16-11-6-7-12(14(19)20)13(8-11)18-15(21)17-9-10-4-2-1-3-5-10/h6-8,10H,1-5,9H2,(H,19,20)(H2,17,18,21). The van der Waals surface area contributed by atoms with Crippen LogP contribution in [0.1, 0.15) is 42.5 Å². The molecule has 1 aromatic carbocycles. The summed E-state index contributed by atoms with van der Waals surface area (Å²) in [5.41, 5.74) is -0.173. The second-order valence-corrected chi connectivity index (χ2v) is 5.33. The number of aromatic carboxylic acids is 1. The second-order valence-electron chi connectivity index (χ2n) is 5.33. The second kappa shape index (κ2) is 7.06. The Morgan fingerprint density at radius 1 is 1.24 bits per heavy atom. The molecule has 2 amide bonds. The van der Waals surface area contributed by atoms with Gasteiger partial charge in [0.25, 0.3) is 0 Å². The molecule has 5 nitrogen and oxygen atoms in total. The smallest absolute Gasteiger partial charge is 0.337 e. The van der Waals surface area contributed by atoms with E-state index in [9.17, 15) is 14.0 Å². The number of benzene rings is 1. The van der Waals surface area contributed by atoms with Crippen LogP contribution >= 0.6 is 0 Å². The van der Waals surface area contributed by atoms with Gasteiger partial charge in [0.1, 0.15) is 5.82 Å². The molecule has 0 heterocycles. The van der Waals surface area contributed by atoms with Crippen LogP contribution in [-0.2, 0) is 0 Å². The predicted octanol–water partition coefficient (Wildman–Crippen LogP) is 3.23. The van der Waals surface area contributed by atoms with Crippen LogP contribution in [0, 0.1) is 11.7 Å². The van der Waals surface area contributed by atoms with E-state index in [0.717, 1.165) is 31.0 Å². The Morgan fingerprint density at radius 3 is 2.62 bits per heavy atom. The number of nitrogens with one attached hydrogen (secondary N) is 2. The van der Waals surface area contributed by atoms with E-state index in [2.05, 4.69) is 10.6 Å². The van der Waals surface area contributed by atoms with Crippen LogP contribution < -0.4 is 10.6 Å². The fraction of sp³-hybridized carbons (Fsp3) is 0.467. The van der Waals surface area contributed by atoms with Crippen molar-refractivity contribution in [2.45, 2.75) is 32.1 Å². The molecule has 0 spiro atoms. The minimum Gasteiger partial charge on any atom is -0.478 e. The Balaban J connectivity index is 1.92. The van der Waals surface area contributed by atoms with Crippen molar-refractivity contribution >= 4 is 17.7 Å². The summed E-state index contributed by atoms with van der Waals surface area (Å²) in [5.74, 6) is -1.34. The Morgan fingerprint density at radius 2 is 1.95 bits per heavy atom. The molecule has 0 radical (unpaired) electrons. The average Bonchev–Trinajstić information content (AvgIpc) is 2.46. The Kier molecular flexibility index (Phi) is 5.14. The molecule has 0 aromatic heterocycles. The first kappa shape index (κ1) is 15.3. The van der Waals surface area contributed by atoms with Gasteiger partial charge >= 0.3 is 12.0 Å². The minimum absolute atomic E-state index is 0.0383. The zero-order chi connectivity index (χ0) is 15.2. The van der Waals surface area contributed by atoms with Gasteiger partial charge in [0.05, 0.1) is 11.3 Å². The van der Waals surface area contributed by atoms with E-state index in [0.29, 0.717) is 12.5 Å². The van der Waals surface area contributed by atoms with Gasteiger partial charge in [-0.05, 0) is 37.0 Å². The summed E-state index contributed by atoms with van der Waals surface area (Å²) in [6, 6.07) is 2.68. The number of hydrogen-bond acceptors (Lipinski definition) is 2. The summed E-state index contributed by atoms with van der Waals surface area (Å²) >= 11 is 0. The molecule has 114 valence electrons. The molecular weight excluding hydrogens is 275 g/mol. The number of amides is 2. The Bertz CT molecular complexity index is 528. The van der Waals surface area contributed by atoms with Crippen LogP contribution in [-0.4, -0.2) is 23.7 Å². The zero-order valence-corrected chi connectivity index (χ0v) is 11.7. The molecule has 0 saturated heterocycles. The van der Waals surface area contributed by atoms with E-state index in [4.69, 9.17) is 5.11 Å². The fourth-order valence-corrected chi connectivity index (χ4v) is 2.60. The van der Waals surface area contributed by atoms with E-state index in [1.807, 2.05) is 0 Å². The van der Waals surface area contributed by atoms with Gasteiger partial charge in [0.15, 0.2) is 0 Å². The van der Waals surface area contributed by atoms with Gasteiger partial charge in [-0.25, -0.2) is 14.0 Å². The maximum absolute atomic E-state index is 13.2. The van der Waals surface area contributed by atoms with Gasteiger partial charge in [-0.2, -0.15) is 0 Å². The SMILES string of the molecule is O=C(NCC1CCCCC1)Nc1cc(F)ccc1C(=O)O. The van der Waals surface area contributed by atoms with Crippen molar-refractivity contribution < 1.29 is 19.1 Å². The van der Waals surface area contributed by atoms with Gasteiger partial charge in [-0.3, -0.25) is 0 Å². The lowest BCUT2D eigenvalue weighted by Crippen LogP contribution is -2.34. The first-order valence-corrected chi connectivity index (χ1v) is 7.14. The number of carbonyl (C=O) groups excluding carboxylic acids is 1. The molecule has 6 heteroatoms. The van der Waals surface area contributed by atoms with Crippen molar-refractivity contribution in [1.29, 1.82) is 0 Å². The highest BCUT2D eigenvalue weighted by molar-refractivity contribution is 5.99. The molecule has 3 N–H and O–H groups in total. The van der Waals surface area contributed by atoms with Crippen LogP contribution in [0.2, 0.25) is 0 Å². The van der Waals surface area contributed by atoms with E-state index < -0.39 is 17.8 Å². The van der Waals surface area contributed by atoms with Gasteiger partial charge in [0, 0.05) is 6.54 Å². The highest BCUT2D eigenvalue weighted by Gasteiger charge is 2.16. The molecule has 1 aliphatic rings. The van der Waals surface area contributed by atoms with Crippen LogP contribution in [0.4, 0.5) is 14.9 Å². The predicted molar refractivity (Wildman–Crippen MR) is 77.0 cm³/mol. The monoisotopic (exact) mass is 294 g/mol. The molecule has 1 aliphatic carbocycles. The number of urea groups is 1. The zero-order valence-electron chi connectivity index (χ0n) is 11.7. The summed E-state index contributed by atoms with van der Waals surface area (Å²) in [5, 5.41) is 14.1. The van der Waals surface area contributed by atoms with Gasteiger partial charge in [-0.1, -0.05) is 19.3 Å². The maximum Gasteiger partial charge on any atom is 0.337 e. The highest BCUT2D eigenvalue weighted by Crippen LogP contribution is 2.23. The molecule has 0 atom stereocenters. The largest absolute Gasteiger partial charge is 0.478 e. The van der Waals surface area contributed by atoms with Crippen molar-refractivity contribution in [1.82, 2.24) is 5.32 Å². The number of rotatable bonds is 4. The number of carbonyl (C=O) groups is 2. The number of carboxylic acids is 1. The first-order valence-electron chi connectivity index (χ1n) is 7.14. The maximum atomic E-state index is 13.2. The molecule has 0 unspecified atom stereocenters. The lowest BCUT2D eigenvalue weighted by molar-refractivity contribution is 0.0698. The number of hydrogen-bond donors (Lipinski definition) is 3. The lowest BCUT2D eigenvalue weighted by atomic mass is 9.89. The quantitative estimate of drug-likeness (QED) is 0.797. The van der Waals surface area contributed by atoms with E-state index in [1.165, 1.54) is 19.3 Å². The molecule has 0 aliphatic heterocycles. The van der Waals surface area contributed by atoms with E-state index >= 15 is 0 Å². The van der Waals surface area contributed by atoms with Crippen molar-refractivity contribution in [2.24, 2.45) is 5.92 Å². The van der Waals surface area contributed by atoms with Gasteiger partial charge < -0.3 is 15.7 Å². The van der Waals surface area contributed by atoms with Crippen LogP contribution in [0.5, 0.6) is 0 Å². The van der Waals surface area contributed by atoms with Crippen LogP contribution in [0.15, 0.2) is 18.2 Å². The third-order valence-electron chi connectivity index (χ3n) is 3.74. The highest BCUT2D eigenvalue weighted by atomic mass is 19.1. The molecule has 1 saturated carbocycles. The lowest BCUT2D eigenvalue weighted by Gasteiger charge is -2.21. The van der Waals surface area contributed by atoms with Crippen molar-refractivity contribution in [3.05, 3.63) is 29.6 Å². The Hall–Kier alpha value is -2.11. The fourth-order valence-electron chi connectivity index (χ4n) is 2.60. The molecule has 0 bridgehead atoms. The van der Waals surface area contributed by atoms with Gasteiger partial charge in [-0.15, -0.1) is 0 Å². The summed E-state index contributed by atoms with van der Waals surface area (Å²) in [4.78, 5) is 22.8. The summed E-state index contributed by atoms with van der Waals surface area (Å²) < 4.78 is 13.2. The van der Waals surface area contributed by atoms with Crippen molar-refractivity contribution in [3.8, 4) is 0 Å². The van der Waals surface area contributed by atoms with Crippen molar-refractivity contribution in [2.75, 3.05) is 11.9 Å². The average molecular weight is 294 g/mol. The third-order valence-corrected chi connectivity index (χ3v) is 3.74. The van der Waals surface area contributed by atoms with E-state index in [-0.39, 0.29) is 11.3 Å². The van der Waals surface area contributed by atoms with Crippen LogP contribution in [0.3, 0.4) is 0 Å². The van der Waals surface area contributed by atoms with Crippen molar-refractivity contribution in [3.63, 3.8) is 0 Å².